The predicted molar refractivity (Wildman–Crippen MR) is 74.7 cm³/mol. The summed E-state index contributed by atoms with van der Waals surface area (Å²) in [6.07, 6.45) is -1.72. The highest BCUT2D eigenvalue weighted by atomic mass is 16.5. The molecular weight excluding hydrogens is 258 g/mol. The lowest BCUT2D eigenvalue weighted by Crippen LogP contribution is -2.34. The van der Waals surface area contributed by atoms with Gasteiger partial charge in [0.25, 0.3) is 5.91 Å². The van der Waals surface area contributed by atoms with E-state index < -0.39 is 12.2 Å². The number of aliphatic hydroxyl groups excluding tert-OH is 2. The first-order valence-corrected chi connectivity index (χ1v) is 6.73. The van der Waals surface area contributed by atoms with Crippen LogP contribution in [-0.4, -0.2) is 52.9 Å². The number of aryl methyl sites for hydroxylation is 3. The van der Waals surface area contributed by atoms with Gasteiger partial charge in [0.2, 0.25) is 0 Å². The van der Waals surface area contributed by atoms with E-state index >= 15 is 0 Å². The van der Waals surface area contributed by atoms with Crippen molar-refractivity contribution in [1.29, 1.82) is 0 Å². The molecule has 110 valence electrons. The van der Waals surface area contributed by atoms with Gasteiger partial charge >= 0.3 is 0 Å². The Bertz CT molecular complexity index is 482. The van der Waals surface area contributed by atoms with Crippen molar-refractivity contribution in [2.24, 2.45) is 0 Å². The number of aliphatic hydroxyl groups is 2. The molecule has 0 aromatic heterocycles. The number of nitrogens with zero attached hydrogens (tertiary/aromatic N) is 1. The van der Waals surface area contributed by atoms with E-state index in [1.54, 1.807) is 0 Å². The SMILES string of the molecule is Cc1cc(C)c(OCC(=O)N2CC(O)C(O)C2)c(C)c1. The first kappa shape index (κ1) is 14.8. The molecule has 1 heterocycles. The van der Waals surface area contributed by atoms with E-state index in [2.05, 4.69) is 0 Å². The van der Waals surface area contributed by atoms with E-state index in [1.165, 1.54) is 4.90 Å². The molecule has 1 saturated heterocycles. The van der Waals surface area contributed by atoms with E-state index in [0.29, 0.717) is 0 Å². The van der Waals surface area contributed by atoms with E-state index in [4.69, 9.17) is 4.74 Å². The van der Waals surface area contributed by atoms with Crippen LogP contribution in [0.15, 0.2) is 12.1 Å². The molecule has 1 aromatic carbocycles. The van der Waals surface area contributed by atoms with Crippen molar-refractivity contribution in [2.45, 2.75) is 33.0 Å². The summed E-state index contributed by atoms with van der Waals surface area (Å²) in [4.78, 5) is 13.4. The average Bonchev–Trinajstić information content (AvgIpc) is 2.68. The highest BCUT2D eigenvalue weighted by Crippen LogP contribution is 2.24. The summed E-state index contributed by atoms with van der Waals surface area (Å²) < 4.78 is 5.61. The number of β-amino-alcohol motifs (C(OH)–C–C–N with tert-alkyl or cyclic N) is 2. The van der Waals surface area contributed by atoms with Crippen LogP contribution in [0.1, 0.15) is 16.7 Å². The molecule has 5 nitrogen and oxygen atoms in total. The largest absolute Gasteiger partial charge is 0.483 e. The second-order valence-corrected chi connectivity index (χ2v) is 5.45. The number of benzene rings is 1. The van der Waals surface area contributed by atoms with Crippen LogP contribution >= 0.6 is 0 Å². The smallest absolute Gasteiger partial charge is 0.260 e. The lowest BCUT2D eigenvalue weighted by molar-refractivity contribution is -0.132. The van der Waals surface area contributed by atoms with Crippen LogP contribution in [0.5, 0.6) is 5.75 Å². The van der Waals surface area contributed by atoms with Crippen LogP contribution in [-0.2, 0) is 4.79 Å². The number of ether oxygens (including phenoxy) is 1. The Morgan fingerprint density at radius 2 is 1.70 bits per heavy atom. The lowest BCUT2D eigenvalue weighted by Gasteiger charge is -2.17. The van der Waals surface area contributed by atoms with E-state index in [9.17, 15) is 15.0 Å². The number of hydrogen-bond acceptors (Lipinski definition) is 4. The molecule has 1 aromatic rings. The molecule has 1 aliphatic rings. The fourth-order valence-corrected chi connectivity index (χ4v) is 2.59. The third-order valence-electron chi connectivity index (χ3n) is 3.56. The molecule has 2 rings (SSSR count). The van der Waals surface area contributed by atoms with E-state index in [0.717, 1.165) is 22.4 Å². The molecular formula is C15H21NO4. The molecule has 1 amide bonds. The second-order valence-electron chi connectivity index (χ2n) is 5.45. The van der Waals surface area contributed by atoms with Crippen LogP contribution in [0.25, 0.3) is 0 Å². The lowest BCUT2D eigenvalue weighted by atomic mass is 10.1. The molecule has 0 spiro atoms. The Morgan fingerprint density at radius 3 is 2.20 bits per heavy atom. The molecule has 20 heavy (non-hydrogen) atoms. The third-order valence-corrected chi connectivity index (χ3v) is 3.56. The topological polar surface area (TPSA) is 70.0 Å². The minimum absolute atomic E-state index is 0.0792. The normalized spacial score (nSPS) is 22.1. The van der Waals surface area contributed by atoms with Crippen molar-refractivity contribution in [3.63, 3.8) is 0 Å². The fraction of sp³-hybridized carbons (Fsp3) is 0.533. The Balaban J connectivity index is 1.98. The zero-order chi connectivity index (χ0) is 14.9. The van der Waals surface area contributed by atoms with Crippen LogP contribution in [0.4, 0.5) is 0 Å². The third kappa shape index (κ3) is 3.11. The van der Waals surface area contributed by atoms with Crippen molar-refractivity contribution < 1.29 is 19.7 Å². The molecule has 5 heteroatoms. The molecule has 2 atom stereocenters. The van der Waals surface area contributed by atoms with Crippen LogP contribution in [0, 0.1) is 20.8 Å². The summed E-state index contributed by atoms with van der Waals surface area (Å²) in [5, 5.41) is 18.9. The number of rotatable bonds is 3. The number of carbonyl (C=O) groups excluding carboxylic acids is 1. The average molecular weight is 279 g/mol. The number of likely N-dealkylation sites (tertiary alicyclic amines) is 1. The van der Waals surface area contributed by atoms with E-state index in [1.807, 2.05) is 32.9 Å². The second kappa shape index (κ2) is 5.81. The standard InChI is InChI=1S/C15H21NO4/c1-9-4-10(2)15(11(3)5-9)20-8-14(19)16-6-12(17)13(18)7-16/h4-5,12-13,17-18H,6-8H2,1-3H3. The Labute approximate surface area is 118 Å². The maximum absolute atomic E-state index is 12.0. The highest BCUT2D eigenvalue weighted by molar-refractivity contribution is 5.78. The van der Waals surface area contributed by atoms with Gasteiger partial charge in [-0.2, -0.15) is 0 Å². The maximum Gasteiger partial charge on any atom is 0.260 e. The number of hydrogen-bond donors (Lipinski definition) is 2. The van der Waals surface area contributed by atoms with Gasteiger partial charge in [-0.05, 0) is 31.9 Å². The zero-order valence-corrected chi connectivity index (χ0v) is 12.1. The molecule has 0 bridgehead atoms. The number of carbonyl (C=O) groups is 1. The van der Waals surface area contributed by atoms with Crippen molar-refractivity contribution >= 4 is 5.91 Å². The molecule has 1 aliphatic heterocycles. The molecule has 0 saturated carbocycles. The van der Waals surface area contributed by atoms with Gasteiger partial charge in [-0.15, -0.1) is 0 Å². The molecule has 0 aliphatic carbocycles. The minimum atomic E-state index is -0.859. The predicted octanol–water partition coefficient (Wildman–Crippen LogP) is 0.555. The van der Waals surface area contributed by atoms with Crippen molar-refractivity contribution in [3.05, 3.63) is 28.8 Å². The van der Waals surface area contributed by atoms with Gasteiger partial charge in [0.15, 0.2) is 6.61 Å². The quantitative estimate of drug-likeness (QED) is 0.848. The van der Waals surface area contributed by atoms with Gasteiger partial charge < -0.3 is 19.8 Å². The Morgan fingerprint density at radius 1 is 1.20 bits per heavy atom. The van der Waals surface area contributed by atoms with Gasteiger partial charge in [0.1, 0.15) is 5.75 Å². The summed E-state index contributed by atoms with van der Waals surface area (Å²) in [5.74, 6) is 0.504. The summed E-state index contributed by atoms with van der Waals surface area (Å²) in [6.45, 7) is 6.16. The molecule has 1 fully saturated rings. The monoisotopic (exact) mass is 279 g/mol. The van der Waals surface area contributed by atoms with Gasteiger partial charge in [0.05, 0.1) is 12.2 Å². The first-order valence-electron chi connectivity index (χ1n) is 6.73. The Hall–Kier alpha value is -1.59. The fourth-order valence-electron chi connectivity index (χ4n) is 2.59. The Kier molecular flexibility index (Phi) is 4.30. The molecule has 2 unspecified atom stereocenters. The van der Waals surface area contributed by atoms with Crippen LogP contribution < -0.4 is 4.74 Å². The van der Waals surface area contributed by atoms with Gasteiger partial charge in [-0.3, -0.25) is 4.79 Å². The maximum atomic E-state index is 12.0. The van der Waals surface area contributed by atoms with Gasteiger partial charge in [-0.1, -0.05) is 17.7 Å². The van der Waals surface area contributed by atoms with Crippen LogP contribution in [0.2, 0.25) is 0 Å². The van der Waals surface area contributed by atoms with E-state index in [-0.39, 0.29) is 25.6 Å². The summed E-state index contributed by atoms with van der Waals surface area (Å²) in [5.41, 5.74) is 3.15. The van der Waals surface area contributed by atoms with Crippen LogP contribution in [0.3, 0.4) is 0 Å². The number of amides is 1. The van der Waals surface area contributed by atoms with Crippen molar-refractivity contribution in [1.82, 2.24) is 4.90 Å². The summed E-state index contributed by atoms with van der Waals surface area (Å²) in [6, 6.07) is 4.02. The summed E-state index contributed by atoms with van der Waals surface area (Å²) >= 11 is 0. The highest BCUT2D eigenvalue weighted by Gasteiger charge is 2.32. The van der Waals surface area contributed by atoms with Crippen molar-refractivity contribution in [3.8, 4) is 5.75 Å². The van der Waals surface area contributed by atoms with Crippen molar-refractivity contribution in [2.75, 3.05) is 19.7 Å². The first-order chi connectivity index (χ1) is 9.38. The van der Waals surface area contributed by atoms with Gasteiger partial charge in [-0.25, -0.2) is 0 Å². The molecule has 0 radical (unpaired) electrons. The summed E-state index contributed by atoms with van der Waals surface area (Å²) in [7, 11) is 0. The molecule has 2 N–H and O–H groups in total. The van der Waals surface area contributed by atoms with Gasteiger partial charge in [0, 0.05) is 13.1 Å². The minimum Gasteiger partial charge on any atom is -0.483 e. The zero-order valence-electron chi connectivity index (χ0n) is 12.1.